The van der Waals surface area contributed by atoms with Crippen LogP contribution in [0, 0.1) is 0 Å². The second-order valence-electron chi connectivity index (χ2n) is 6.46. The molecular weight excluding hydrogens is 374 g/mol. The fourth-order valence-corrected chi connectivity index (χ4v) is 3.11. The van der Waals surface area contributed by atoms with Crippen LogP contribution in [0.1, 0.15) is 30.9 Å². The molecule has 0 aliphatic heterocycles. The van der Waals surface area contributed by atoms with Crippen molar-refractivity contribution in [3.05, 3.63) is 76.9 Å². The molecule has 144 valence electrons. The number of halogens is 1. The van der Waals surface area contributed by atoms with Gasteiger partial charge >= 0.3 is 5.97 Å². The van der Waals surface area contributed by atoms with Crippen LogP contribution in [0.3, 0.4) is 0 Å². The molecule has 3 aromatic rings. The van der Waals surface area contributed by atoms with Gasteiger partial charge in [0, 0.05) is 23.2 Å². The van der Waals surface area contributed by atoms with Crippen molar-refractivity contribution in [1.82, 2.24) is 4.98 Å². The van der Waals surface area contributed by atoms with Crippen LogP contribution in [-0.4, -0.2) is 18.1 Å². The lowest BCUT2D eigenvalue weighted by Crippen LogP contribution is -2.06. The van der Waals surface area contributed by atoms with Crippen molar-refractivity contribution >= 4 is 17.6 Å². The van der Waals surface area contributed by atoms with Gasteiger partial charge in [0.25, 0.3) is 0 Å². The second-order valence-corrected chi connectivity index (χ2v) is 6.89. The van der Waals surface area contributed by atoms with Gasteiger partial charge in [0.15, 0.2) is 0 Å². The number of pyridine rings is 1. The zero-order valence-electron chi connectivity index (χ0n) is 15.9. The Balaban J connectivity index is 1.79. The third-order valence-corrected chi connectivity index (χ3v) is 4.49. The molecular formula is C23H22ClNO3. The lowest BCUT2D eigenvalue weighted by atomic mass is 10.0. The monoisotopic (exact) mass is 395 g/mol. The van der Waals surface area contributed by atoms with Gasteiger partial charge in [-0.25, -0.2) is 4.98 Å². The Hall–Kier alpha value is -2.85. The molecule has 0 fully saturated rings. The van der Waals surface area contributed by atoms with Gasteiger partial charge in [-0.2, -0.15) is 0 Å². The summed E-state index contributed by atoms with van der Waals surface area (Å²) in [5.41, 5.74) is 4.00. The van der Waals surface area contributed by atoms with Crippen LogP contribution in [0.25, 0.3) is 11.1 Å². The predicted molar refractivity (Wildman–Crippen MR) is 111 cm³/mol. The zero-order chi connectivity index (χ0) is 19.9. The van der Waals surface area contributed by atoms with Gasteiger partial charge in [0.1, 0.15) is 5.75 Å². The molecule has 4 nitrogen and oxygen atoms in total. The first-order valence-corrected chi connectivity index (χ1v) is 9.55. The maximum absolute atomic E-state index is 11.6. The predicted octanol–water partition coefficient (Wildman–Crippen LogP) is 5.71. The summed E-state index contributed by atoms with van der Waals surface area (Å²) >= 11 is 6.13. The molecule has 0 spiro atoms. The molecule has 0 atom stereocenters. The summed E-state index contributed by atoms with van der Waals surface area (Å²) in [5.74, 6) is 0.916. The molecule has 0 N–H and O–H groups in total. The van der Waals surface area contributed by atoms with Crippen LogP contribution in [0.15, 0.2) is 60.8 Å². The Morgan fingerprint density at radius 3 is 2.54 bits per heavy atom. The minimum Gasteiger partial charge on any atom is -0.481 e. The summed E-state index contributed by atoms with van der Waals surface area (Å²) in [6, 6.07) is 17.2. The number of methoxy groups -OCH3 is 1. The molecule has 0 unspecified atom stereocenters. The molecule has 2 aromatic carbocycles. The van der Waals surface area contributed by atoms with Crippen molar-refractivity contribution < 1.29 is 14.3 Å². The largest absolute Gasteiger partial charge is 0.481 e. The van der Waals surface area contributed by atoms with E-state index in [0.29, 0.717) is 29.5 Å². The zero-order valence-corrected chi connectivity index (χ0v) is 16.7. The quantitative estimate of drug-likeness (QED) is 0.380. The molecule has 3 rings (SSSR count). The summed E-state index contributed by atoms with van der Waals surface area (Å²) < 4.78 is 10.7. The Kier molecular flexibility index (Phi) is 6.66. The first-order chi connectivity index (χ1) is 13.6. The van der Waals surface area contributed by atoms with E-state index in [1.807, 2.05) is 61.7 Å². The number of ether oxygens (including phenoxy) is 2. The number of esters is 1. The molecule has 0 saturated heterocycles. The van der Waals surface area contributed by atoms with Crippen molar-refractivity contribution in [2.45, 2.75) is 26.2 Å². The van der Waals surface area contributed by atoms with Crippen molar-refractivity contribution in [3.8, 4) is 22.8 Å². The summed E-state index contributed by atoms with van der Waals surface area (Å²) in [4.78, 5) is 16.0. The Labute approximate surface area is 170 Å². The average molecular weight is 396 g/mol. The summed E-state index contributed by atoms with van der Waals surface area (Å²) in [5, 5.41) is 0.665. The highest BCUT2D eigenvalue weighted by atomic mass is 35.5. The first kappa shape index (κ1) is 19.9. The molecule has 0 aliphatic carbocycles. The molecule has 0 amide bonds. The molecule has 0 aliphatic rings. The maximum atomic E-state index is 11.6. The van der Waals surface area contributed by atoms with E-state index in [9.17, 15) is 4.79 Å². The number of carbonyl (C=O) groups is 1. The van der Waals surface area contributed by atoms with Crippen LogP contribution < -0.4 is 9.47 Å². The normalized spacial score (nSPS) is 10.5. The SMILES string of the molecule is CCCC(=O)Oc1ccc(Cc2cnc(OC)c(-c3cccc(Cl)c3)c2)cc1. The van der Waals surface area contributed by atoms with E-state index in [1.165, 1.54) is 0 Å². The molecule has 28 heavy (non-hydrogen) atoms. The van der Waals surface area contributed by atoms with Crippen LogP contribution in [0.5, 0.6) is 11.6 Å². The molecule has 5 heteroatoms. The number of hydrogen-bond donors (Lipinski definition) is 0. The van der Waals surface area contributed by atoms with Crippen LogP contribution in [0.2, 0.25) is 5.02 Å². The number of carbonyl (C=O) groups excluding carboxylic acids is 1. The summed E-state index contributed by atoms with van der Waals surface area (Å²) in [7, 11) is 1.61. The van der Waals surface area contributed by atoms with Gasteiger partial charge in [-0.15, -0.1) is 0 Å². The van der Waals surface area contributed by atoms with Gasteiger partial charge in [-0.1, -0.05) is 42.8 Å². The highest BCUT2D eigenvalue weighted by Gasteiger charge is 2.10. The smallest absolute Gasteiger partial charge is 0.311 e. The molecule has 0 bridgehead atoms. The van der Waals surface area contributed by atoms with Crippen LogP contribution >= 0.6 is 11.6 Å². The molecule has 0 radical (unpaired) electrons. The second kappa shape index (κ2) is 9.38. The summed E-state index contributed by atoms with van der Waals surface area (Å²) in [6.45, 7) is 1.95. The molecule has 1 aromatic heterocycles. The molecule has 1 heterocycles. The first-order valence-electron chi connectivity index (χ1n) is 9.17. The van der Waals surface area contributed by atoms with Gasteiger partial charge in [-0.05, 0) is 59.9 Å². The topological polar surface area (TPSA) is 48.4 Å². The van der Waals surface area contributed by atoms with Crippen molar-refractivity contribution in [2.24, 2.45) is 0 Å². The van der Waals surface area contributed by atoms with E-state index in [2.05, 4.69) is 11.1 Å². The Morgan fingerprint density at radius 2 is 1.86 bits per heavy atom. The number of aromatic nitrogens is 1. The van der Waals surface area contributed by atoms with Crippen molar-refractivity contribution in [2.75, 3.05) is 7.11 Å². The van der Waals surface area contributed by atoms with Gasteiger partial charge in [-0.3, -0.25) is 4.79 Å². The van der Waals surface area contributed by atoms with Crippen molar-refractivity contribution in [3.63, 3.8) is 0 Å². The van der Waals surface area contributed by atoms with Crippen molar-refractivity contribution in [1.29, 1.82) is 0 Å². The van der Waals surface area contributed by atoms with E-state index in [-0.39, 0.29) is 5.97 Å². The number of rotatable bonds is 7. The lowest BCUT2D eigenvalue weighted by molar-refractivity contribution is -0.134. The third kappa shape index (κ3) is 5.11. The van der Waals surface area contributed by atoms with E-state index in [1.54, 1.807) is 7.11 Å². The van der Waals surface area contributed by atoms with Crippen LogP contribution in [-0.2, 0) is 11.2 Å². The molecule has 0 saturated carbocycles. The maximum Gasteiger partial charge on any atom is 0.311 e. The number of benzene rings is 2. The number of hydrogen-bond acceptors (Lipinski definition) is 4. The Bertz CT molecular complexity index is 954. The Morgan fingerprint density at radius 1 is 1.07 bits per heavy atom. The van der Waals surface area contributed by atoms with Gasteiger partial charge in [0.05, 0.1) is 7.11 Å². The highest BCUT2D eigenvalue weighted by Crippen LogP contribution is 2.31. The highest BCUT2D eigenvalue weighted by molar-refractivity contribution is 6.30. The standard InChI is InChI=1S/C23H22ClNO3/c1-3-5-22(26)28-20-10-8-16(9-11-20)12-17-13-21(23(27-2)25-15-17)18-6-4-7-19(24)14-18/h4,6-11,13-15H,3,5,12H2,1-2H3. The number of nitrogens with zero attached hydrogens (tertiary/aromatic N) is 1. The van der Waals surface area contributed by atoms with Gasteiger partial charge in [0.2, 0.25) is 5.88 Å². The average Bonchev–Trinajstić information content (AvgIpc) is 2.69. The van der Waals surface area contributed by atoms with E-state index in [0.717, 1.165) is 28.7 Å². The third-order valence-electron chi connectivity index (χ3n) is 4.25. The minimum absolute atomic E-state index is 0.208. The lowest BCUT2D eigenvalue weighted by Gasteiger charge is -2.11. The minimum atomic E-state index is -0.208. The van der Waals surface area contributed by atoms with E-state index in [4.69, 9.17) is 21.1 Å². The van der Waals surface area contributed by atoms with E-state index < -0.39 is 0 Å². The van der Waals surface area contributed by atoms with Gasteiger partial charge < -0.3 is 9.47 Å². The fraction of sp³-hybridized carbons (Fsp3) is 0.217. The summed E-state index contributed by atoms with van der Waals surface area (Å²) in [6.07, 6.45) is 3.71. The van der Waals surface area contributed by atoms with Crippen LogP contribution in [0.4, 0.5) is 0 Å². The van der Waals surface area contributed by atoms with E-state index >= 15 is 0 Å². The fourth-order valence-electron chi connectivity index (χ4n) is 2.92.